The number of rotatable bonds is 5. The van der Waals surface area contributed by atoms with Crippen molar-refractivity contribution < 1.29 is 14.4 Å². The number of carbonyl (C=O) groups excluding carboxylic acids is 3. The first-order valence-electron chi connectivity index (χ1n) is 10.8. The molecule has 0 unspecified atom stereocenters. The number of benzene rings is 3. The van der Waals surface area contributed by atoms with E-state index in [9.17, 15) is 14.4 Å². The van der Waals surface area contributed by atoms with E-state index in [0.717, 1.165) is 15.1 Å². The lowest BCUT2D eigenvalue weighted by molar-refractivity contribution is 0.0925. The van der Waals surface area contributed by atoms with E-state index >= 15 is 0 Å². The Kier molecular flexibility index (Phi) is 5.67. The summed E-state index contributed by atoms with van der Waals surface area (Å²) in [4.78, 5) is 47.1. The maximum absolute atomic E-state index is 13.6. The Labute approximate surface area is 205 Å². The van der Waals surface area contributed by atoms with Gasteiger partial charge in [-0.1, -0.05) is 61.1 Å². The summed E-state index contributed by atoms with van der Waals surface area (Å²) in [6, 6.07) is 19.0. The lowest BCUT2D eigenvalue weighted by atomic mass is 10.0. The fourth-order valence-electron chi connectivity index (χ4n) is 3.97. The van der Waals surface area contributed by atoms with Crippen molar-refractivity contribution in [3.63, 3.8) is 0 Å². The van der Waals surface area contributed by atoms with Crippen LogP contribution in [0.4, 0.5) is 10.8 Å². The Bertz CT molecular complexity index is 1430. The molecule has 0 N–H and O–H groups in total. The van der Waals surface area contributed by atoms with Crippen molar-refractivity contribution in [2.45, 2.75) is 13.8 Å². The van der Waals surface area contributed by atoms with Crippen LogP contribution in [0.25, 0.3) is 10.2 Å². The van der Waals surface area contributed by atoms with Gasteiger partial charge in [0.05, 0.1) is 32.1 Å². The van der Waals surface area contributed by atoms with Crippen LogP contribution in [0.3, 0.4) is 0 Å². The normalized spacial score (nSPS) is 13.1. The first-order chi connectivity index (χ1) is 16.3. The molecule has 1 aliphatic heterocycles. The lowest BCUT2D eigenvalue weighted by Gasteiger charge is -2.22. The summed E-state index contributed by atoms with van der Waals surface area (Å²) in [5, 5.41) is 0.896. The Morgan fingerprint density at radius 1 is 1.00 bits per heavy atom. The highest BCUT2D eigenvalue weighted by Gasteiger charge is 2.38. The third-order valence-corrected chi connectivity index (χ3v) is 6.91. The number of carbonyl (C=O) groups is 3. The third-order valence-electron chi connectivity index (χ3n) is 5.53. The molecular formula is C26H20ClN3O3S. The summed E-state index contributed by atoms with van der Waals surface area (Å²) >= 11 is 7.68. The van der Waals surface area contributed by atoms with Crippen LogP contribution in [0.5, 0.6) is 0 Å². The summed E-state index contributed by atoms with van der Waals surface area (Å²) in [6.45, 7) is 4.52. The summed E-state index contributed by atoms with van der Waals surface area (Å²) in [6.07, 6.45) is 0. The zero-order valence-corrected chi connectivity index (χ0v) is 20.1. The average molecular weight is 490 g/mol. The smallest absolute Gasteiger partial charge is 0.266 e. The Morgan fingerprint density at radius 2 is 1.71 bits per heavy atom. The van der Waals surface area contributed by atoms with Gasteiger partial charge >= 0.3 is 0 Å². The number of imide groups is 1. The molecule has 8 heteroatoms. The van der Waals surface area contributed by atoms with E-state index in [2.05, 4.69) is 4.98 Å². The average Bonchev–Trinajstić information content (AvgIpc) is 3.36. The minimum atomic E-state index is -0.502. The third kappa shape index (κ3) is 3.77. The number of amides is 3. The molecule has 3 aromatic carbocycles. The molecular weight excluding hydrogens is 470 g/mol. The van der Waals surface area contributed by atoms with Gasteiger partial charge in [-0.25, -0.2) is 9.88 Å². The van der Waals surface area contributed by atoms with Crippen LogP contribution in [-0.2, 0) is 0 Å². The van der Waals surface area contributed by atoms with Gasteiger partial charge < -0.3 is 0 Å². The molecule has 34 heavy (non-hydrogen) atoms. The van der Waals surface area contributed by atoms with Gasteiger partial charge in [0.25, 0.3) is 17.7 Å². The fraction of sp³-hybridized carbons (Fsp3) is 0.154. The largest absolute Gasteiger partial charge is 0.284 e. The van der Waals surface area contributed by atoms with E-state index in [1.165, 1.54) is 23.5 Å². The summed E-state index contributed by atoms with van der Waals surface area (Å²) in [5.74, 6) is -1.04. The Morgan fingerprint density at radius 3 is 2.44 bits per heavy atom. The predicted molar refractivity (Wildman–Crippen MR) is 135 cm³/mol. The van der Waals surface area contributed by atoms with Crippen molar-refractivity contribution in [3.05, 3.63) is 88.4 Å². The SMILES string of the molecule is CC(C)CN(C(=O)c1ccc2c(c1)C(=O)N(c1ccccc1Cl)C2=O)c1nc2ccccc2s1. The van der Waals surface area contributed by atoms with Gasteiger partial charge in [-0.15, -0.1) is 0 Å². The number of para-hydroxylation sites is 2. The monoisotopic (exact) mass is 489 g/mol. The van der Waals surface area contributed by atoms with Crippen molar-refractivity contribution in [2.24, 2.45) is 5.92 Å². The highest BCUT2D eigenvalue weighted by molar-refractivity contribution is 7.22. The fourth-order valence-corrected chi connectivity index (χ4v) is 5.16. The van der Waals surface area contributed by atoms with Crippen LogP contribution < -0.4 is 9.80 Å². The van der Waals surface area contributed by atoms with Crippen LogP contribution in [0, 0.1) is 5.92 Å². The van der Waals surface area contributed by atoms with Crippen molar-refractivity contribution in [1.29, 1.82) is 0 Å². The number of aromatic nitrogens is 1. The second-order valence-electron chi connectivity index (χ2n) is 8.43. The van der Waals surface area contributed by atoms with Gasteiger partial charge in [0.15, 0.2) is 5.13 Å². The lowest BCUT2D eigenvalue weighted by Crippen LogP contribution is -2.34. The molecule has 0 saturated carbocycles. The van der Waals surface area contributed by atoms with Crippen molar-refractivity contribution in [3.8, 4) is 0 Å². The molecule has 6 nitrogen and oxygen atoms in total. The molecule has 0 spiro atoms. The van der Waals surface area contributed by atoms with Crippen LogP contribution in [0.2, 0.25) is 5.02 Å². The molecule has 4 aromatic rings. The molecule has 2 heterocycles. The van der Waals surface area contributed by atoms with E-state index in [4.69, 9.17) is 11.6 Å². The molecule has 3 amide bonds. The van der Waals surface area contributed by atoms with Crippen LogP contribution >= 0.6 is 22.9 Å². The highest BCUT2D eigenvalue weighted by atomic mass is 35.5. The first kappa shape index (κ1) is 22.3. The van der Waals surface area contributed by atoms with Gasteiger partial charge in [0, 0.05) is 12.1 Å². The molecule has 1 aromatic heterocycles. The summed E-state index contributed by atoms with van der Waals surface area (Å²) in [7, 11) is 0. The molecule has 0 radical (unpaired) electrons. The van der Waals surface area contributed by atoms with E-state index in [0.29, 0.717) is 27.9 Å². The molecule has 0 saturated heterocycles. The van der Waals surface area contributed by atoms with Crippen molar-refractivity contribution in [1.82, 2.24) is 4.98 Å². The van der Waals surface area contributed by atoms with E-state index in [-0.39, 0.29) is 23.0 Å². The maximum Gasteiger partial charge on any atom is 0.266 e. The Hall–Kier alpha value is -3.55. The van der Waals surface area contributed by atoms with E-state index < -0.39 is 11.8 Å². The van der Waals surface area contributed by atoms with Gasteiger partial charge in [-0.05, 0) is 48.4 Å². The number of fused-ring (bicyclic) bond motifs is 2. The second-order valence-corrected chi connectivity index (χ2v) is 9.85. The molecule has 170 valence electrons. The molecule has 0 atom stereocenters. The molecule has 1 aliphatic rings. The molecule has 0 fully saturated rings. The van der Waals surface area contributed by atoms with Crippen LogP contribution in [-0.4, -0.2) is 29.3 Å². The van der Waals surface area contributed by atoms with E-state index in [1.807, 2.05) is 38.1 Å². The number of halogens is 1. The quantitative estimate of drug-likeness (QED) is 0.320. The van der Waals surface area contributed by atoms with Crippen LogP contribution in [0.1, 0.15) is 44.9 Å². The zero-order chi connectivity index (χ0) is 24.0. The molecule has 0 bridgehead atoms. The molecule has 5 rings (SSSR count). The van der Waals surface area contributed by atoms with Gasteiger partial charge in [0.1, 0.15) is 0 Å². The standard InChI is InChI=1S/C26H20ClN3O3S/c1-15(2)14-29(26-28-20-8-4-6-10-22(20)34-26)23(31)16-11-12-17-18(13-16)25(33)30(24(17)32)21-9-5-3-7-19(21)27/h3-13,15H,14H2,1-2H3. The minimum absolute atomic E-state index is 0.185. The number of hydrogen-bond acceptors (Lipinski definition) is 5. The summed E-state index contributed by atoms with van der Waals surface area (Å²) < 4.78 is 0.990. The van der Waals surface area contributed by atoms with Crippen molar-refractivity contribution >= 4 is 61.7 Å². The van der Waals surface area contributed by atoms with Gasteiger partial charge in [-0.3, -0.25) is 19.3 Å². The van der Waals surface area contributed by atoms with Crippen molar-refractivity contribution in [2.75, 3.05) is 16.3 Å². The van der Waals surface area contributed by atoms with Crippen LogP contribution in [0.15, 0.2) is 66.7 Å². The minimum Gasteiger partial charge on any atom is -0.284 e. The number of nitrogens with zero attached hydrogens (tertiary/aromatic N) is 3. The number of anilines is 2. The predicted octanol–water partition coefficient (Wildman–Crippen LogP) is 6.05. The first-order valence-corrected chi connectivity index (χ1v) is 12.0. The van der Waals surface area contributed by atoms with Gasteiger partial charge in [-0.2, -0.15) is 0 Å². The number of hydrogen-bond donors (Lipinski definition) is 0. The zero-order valence-electron chi connectivity index (χ0n) is 18.5. The Balaban J connectivity index is 1.52. The number of thiazole rings is 1. The van der Waals surface area contributed by atoms with E-state index in [1.54, 1.807) is 35.2 Å². The van der Waals surface area contributed by atoms with Gasteiger partial charge in [0.2, 0.25) is 0 Å². The highest BCUT2D eigenvalue weighted by Crippen LogP contribution is 2.34. The maximum atomic E-state index is 13.6. The molecule has 0 aliphatic carbocycles. The second kappa shape index (κ2) is 8.66. The topological polar surface area (TPSA) is 70.6 Å². The summed E-state index contributed by atoms with van der Waals surface area (Å²) in [5.41, 5.74) is 1.90.